The predicted octanol–water partition coefficient (Wildman–Crippen LogP) is 3.26. The second-order valence-corrected chi connectivity index (χ2v) is 4.11. The zero-order valence-corrected chi connectivity index (χ0v) is 9.50. The molecule has 0 aliphatic heterocycles. The lowest BCUT2D eigenvalue weighted by molar-refractivity contribution is 0.339. The molecule has 0 N–H and O–H groups in total. The molecule has 0 aromatic carbocycles. The Morgan fingerprint density at radius 2 is 2.47 bits per heavy atom. The third kappa shape index (κ3) is 2.32. The lowest BCUT2D eigenvalue weighted by Gasteiger charge is -2.09. The fraction of sp³-hybridized carbons (Fsp3) is 0.417. The average molecular weight is 224 g/mol. The van der Waals surface area contributed by atoms with Gasteiger partial charge < -0.3 is 4.74 Å². The zero-order chi connectivity index (χ0) is 10.7. The summed E-state index contributed by atoms with van der Waals surface area (Å²) in [5.74, 6) is 0.907. The van der Waals surface area contributed by atoms with Crippen LogP contribution in [0.15, 0.2) is 24.5 Å². The summed E-state index contributed by atoms with van der Waals surface area (Å²) in [6.07, 6.45) is 7.73. The lowest BCUT2D eigenvalue weighted by Crippen LogP contribution is -1.96. The third-order valence-electron chi connectivity index (χ3n) is 2.50. The second-order valence-electron chi connectivity index (χ2n) is 3.55. The van der Waals surface area contributed by atoms with Crippen LogP contribution >= 0.6 is 11.6 Å². The van der Waals surface area contributed by atoms with Crippen LogP contribution < -0.4 is 4.74 Å². The first-order valence-corrected chi connectivity index (χ1v) is 5.67. The van der Waals surface area contributed by atoms with Crippen LogP contribution in [0, 0.1) is 0 Å². The molecule has 1 aliphatic carbocycles. The van der Waals surface area contributed by atoms with Crippen LogP contribution in [0.3, 0.4) is 0 Å². The van der Waals surface area contributed by atoms with Gasteiger partial charge in [-0.1, -0.05) is 6.08 Å². The standard InChI is InChI=1S/C12H14ClNO/c1-2-15-12-5-6-14-8-11(12)9-3-4-10(13)7-9/h5-8,10H,2-4H2,1H3. The molecular formula is C12H14ClNO. The van der Waals surface area contributed by atoms with E-state index in [0.717, 1.165) is 24.2 Å². The van der Waals surface area contributed by atoms with E-state index >= 15 is 0 Å². The van der Waals surface area contributed by atoms with E-state index in [1.165, 1.54) is 5.57 Å². The molecule has 2 nitrogen and oxygen atoms in total. The molecule has 1 heterocycles. The van der Waals surface area contributed by atoms with Gasteiger partial charge in [0, 0.05) is 18.0 Å². The molecule has 15 heavy (non-hydrogen) atoms. The summed E-state index contributed by atoms with van der Waals surface area (Å²) in [6, 6.07) is 1.90. The summed E-state index contributed by atoms with van der Waals surface area (Å²) >= 11 is 6.05. The number of rotatable bonds is 3. The highest BCUT2D eigenvalue weighted by Crippen LogP contribution is 2.34. The molecule has 1 aromatic rings. The van der Waals surface area contributed by atoms with Crippen LogP contribution in [-0.2, 0) is 0 Å². The highest BCUT2D eigenvalue weighted by atomic mass is 35.5. The van der Waals surface area contributed by atoms with Crippen LogP contribution in [-0.4, -0.2) is 17.0 Å². The van der Waals surface area contributed by atoms with Crippen molar-refractivity contribution in [1.29, 1.82) is 0 Å². The SMILES string of the molecule is CCOc1ccncc1C1=CC(Cl)CC1. The minimum atomic E-state index is 0.162. The third-order valence-corrected chi connectivity index (χ3v) is 2.84. The molecule has 1 atom stereocenters. The number of pyridine rings is 1. The van der Waals surface area contributed by atoms with Gasteiger partial charge in [-0.15, -0.1) is 11.6 Å². The van der Waals surface area contributed by atoms with E-state index < -0.39 is 0 Å². The van der Waals surface area contributed by atoms with Crippen molar-refractivity contribution >= 4 is 17.2 Å². The summed E-state index contributed by atoms with van der Waals surface area (Å²) in [4.78, 5) is 4.13. The smallest absolute Gasteiger partial charge is 0.129 e. The van der Waals surface area contributed by atoms with Crippen LogP contribution in [0.25, 0.3) is 5.57 Å². The van der Waals surface area contributed by atoms with Crippen molar-refractivity contribution in [2.75, 3.05) is 6.61 Å². The molecule has 0 radical (unpaired) electrons. The average Bonchev–Trinajstić information content (AvgIpc) is 2.66. The number of ether oxygens (including phenoxy) is 1. The number of hydrogen-bond acceptors (Lipinski definition) is 2. The van der Waals surface area contributed by atoms with E-state index in [1.807, 2.05) is 19.2 Å². The number of aromatic nitrogens is 1. The highest BCUT2D eigenvalue weighted by molar-refractivity contribution is 6.22. The number of hydrogen-bond donors (Lipinski definition) is 0. The number of nitrogens with zero attached hydrogens (tertiary/aromatic N) is 1. The molecule has 2 rings (SSSR count). The van der Waals surface area contributed by atoms with Crippen molar-refractivity contribution in [3.8, 4) is 5.75 Å². The van der Waals surface area contributed by atoms with Crippen molar-refractivity contribution in [2.24, 2.45) is 0 Å². The second kappa shape index (κ2) is 4.67. The molecule has 1 unspecified atom stereocenters. The maximum absolute atomic E-state index is 6.05. The highest BCUT2D eigenvalue weighted by Gasteiger charge is 2.17. The van der Waals surface area contributed by atoms with Crippen molar-refractivity contribution < 1.29 is 4.74 Å². The van der Waals surface area contributed by atoms with Gasteiger partial charge in [0.05, 0.1) is 12.0 Å². The Morgan fingerprint density at radius 3 is 3.13 bits per heavy atom. The monoisotopic (exact) mass is 223 g/mol. The van der Waals surface area contributed by atoms with Crippen LogP contribution in [0.5, 0.6) is 5.75 Å². The van der Waals surface area contributed by atoms with Gasteiger partial charge in [-0.05, 0) is 31.4 Å². The Kier molecular flexibility index (Phi) is 3.27. The summed E-state index contributed by atoms with van der Waals surface area (Å²) in [7, 11) is 0. The Balaban J connectivity index is 2.30. The summed E-state index contributed by atoms with van der Waals surface area (Å²) in [5, 5.41) is 0.162. The normalized spacial score (nSPS) is 20.1. The van der Waals surface area contributed by atoms with Crippen LogP contribution in [0.4, 0.5) is 0 Å². The van der Waals surface area contributed by atoms with Gasteiger partial charge in [-0.25, -0.2) is 0 Å². The Bertz CT molecular complexity index is 376. The molecule has 1 aliphatic rings. The topological polar surface area (TPSA) is 22.1 Å². The summed E-state index contributed by atoms with van der Waals surface area (Å²) in [6.45, 7) is 2.66. The fourth-order valence-corrected chi connectivity index (χ4v) is 2.07. The Morgan fingerprint density at radius 1 is 1.60 bits per heavy atom. The van der Waals surface area contributed by atoms with E-state index in [0.29, 0.717) is 6.61 Å². The van der Waals surface area contributed by atoms with E-state index in [2.05, 4.69) is 11.1 Å². The first-order chi connectivity index (χ1) is 7.31. The van der Waals surface area contributed by atoms with Crippen molar-refractivity contribution in [3.63, 3.8) is 0 Å². The van der Waals surface area contributed by atoms with Gasteiger partial charge in [0.1, 0.15) is 5.75 Å². The molecule has 0 saturated carbocycles. The van der Waals surface area contributed by atoms with Crippen LogP contribution in [0.1, 0.15) is 25.3 Å². The van der Waals surface area contributed by atoms with E-state index in [-0.39, 0.29) is 5.38 Å². The van der Waals surface area contributed by atoms with E-state index in [1.54, 1.807) is 6.20 Å². The minimum Gasteiger partial charge on any atom is -0.493 e. The van der Waals surface area contributed by atoms with Crippen molar-refractivity contribution in [3.05, 3.63) is 30.1 Å². The molecule has 0 amide bonds. The molecular weight excluding hydrogens is 210 g/mol. The summed E-state index contributed by atoms with van der Waals surface area (Å²) < 4.78 is 5.56. The van der Waals surface area contributed by atoms with Gasteiger partial charge >= 0.3 is 0 Å². The van der Waals surface area contributed by atoms with Crippen molar-refractivity contribution in [1.82, 2.24) is 4.98 Å². The minimum absolute atomic E-state index is 0.162. The maximum Gasteiger partial charge on any atom is 0.129 e. The van der Waals surface area contributed by atoms with Gasteiger partial charge in [0.25, 0.3) is 0 Å². The Hall–Kier alpha value is -1.02. The molecule has 0 fully saturated rings. The molecule has 80 valence electrons. The largest absolute Gasteiger partial charge is 0.493 e. The lowest BCUT2D eigenvalue weighted by atomic mass is 10.1. The number of halogens is 1. The van der Waals surface area contributed by atoms with Gasteiger partial charge in [0.2, 0.25) is 0 Å². The van der Waals surface area contributed by atoms with Gasteiger partial charge in [0.15, 0.2) is 0 Å². The first-order valence-electron chi connectivity index (χ1n) is 5.23. The van der Waals surface area contributed by atoms with E-state index in [9.17, 15) is 0 Å². The first kappa shape index (κ1) is 10.5. The number of alkyl halides is 1. The van der Waals surface area contributed by atoms with Crippen molar-refractivity contribution in [2.45, 2.75) is 25.1 Å². The molecule has 3 heteroatoms. The fourth-order valence-electron chi connectivity index (χ4n) is 1.81. The maximum atomic E-state index is 6.05. The summed E-state index contributed by atoms with van der Waals surface area (Å²) in [5.41, 5.74) is 2.34. The van der Waals surface area contributed by atoms with Gasteiger partial charge in [-0.2, -0.15) is 0 Å². The number of allylic oxidation sites excluding steroid dienone is 2. The molecule has 1 aromatic heterocycles. The van der Waals surface area contributed by atoms with Crippen LogP contribution in [0.2, 0.25) is 0 Å². The molecule has 0 bridgehead atoms. The zero-order valence-electron chi connectivity index (χ0n) is 8.74. The predicted molar refractivity (Wildman–Crippen MR) is 62.3 cm³/mol. The molecule has 0 spiro atoms. The quantitative estimate of drug-likeness (QED) is 0.734. The molecule has 0 saturated heterocycles. The van der Waals surface area contributed by atoms with E-state index in [4.69, 9.17) is 16.3 Å². The Labute approximate surface area is 94.9 Å². The van der Waals surface area contributed by atoms with Gasteiger partial charge in [-0.3, -0.25) is 4.98 Å².